The van der Waals surface area contributed by atoms with Crippen LogP contribution in [0.2, 0.25) is 0 Å². The summed E-state index contributed by atoms with van der Waals surface area (Å²) in [5.41, 5.74) is 0. The molecule has 0 saturated carbocycles. The van der Waals surface area contributed by atoms with Crippen molar-refractivity contribution >= 4 is 17.3 Å². The van der Waals surface area contributed by atoms with Crippen LogP contribution in [0, 0.1) is 0 Å². The molecule has 0 bridgehead atoms. The highest BCUT2D eigenvalue weighted by Gasteiger charge is 2.11. The first-order chi connectivity index (χ1) is 12.2. The number of nitrogens with zero attached hydrogens (tertiary/aromatic N) is 4. The smallest absolute Gasteiger partial charge is 0.190 e. The number of hydrogen-bond acceptors (Lipinski definition) is 5. The maximum absolute atomic E-state index is 4.46. The van der Waals surface area contributed by atoms with Gasteiger partial charge in [-0.05, 0) is 45.9 Å². The number of hydrogen-bond donors (Lipinski definition) is 2. The Hall–Kier alpha value is -1.18. The Morgan fingerprint density at radius 1 is 1.24 bits per heavy atom. The van der Waals surface area contributed by atoms with Crippen molar-refractivity contribution in [3.05, 3.63) is 16.1 Å². The summed E-state index contributed by atoms with van der Waals surface area (Å²) in [6.45, 7) is 10.00. The van der Waals surface area contributed by atoms with Gasteiger partial charge in [-0.3, -0.25) is 4.99 Å². The molecule has 1 aromatic heterocycles. The molecular formula is C18H34N6S. The van der Waals surface area contributed by atoms with E-state index < -0.39 is 0 Å². The number of guanidine groups is 1. The molecule has 1 saturated heterocycles. The quantitative estimate of drug-likeness (QED) is 0.414. The summed E-state index contributed by atoms with van der Waals surface area (Å²) < 4.78 is 0. The van der Waals surface area contributed by atoms with Crippen LogP contribution >= 0.6 is 11.3 Å². The van der Waals surface area contributed by atoms with Crippen molar-refractivity contribution in [2.45, 2.75) is 32.6 Å². The summed E-state index contributed by atoms with van der Waals surface area (Å²) in [6.07, 6.45) is 6.45. The Morgan fingerprint density at radius 3 is 2.84 bits per heavy atom. The third-order valence-electron chi connectivity index (χ3n) is 4.56. The molecule has 1 aromatic rings. The monoisotopic (exact) mass is 366 g/mol. The number of aryl methyl sites for hydroxylation is 1. The van der Waals surface area contributed by atoms with Gasteiger partial charge < -0.3 is 20.4 Å². The molecular weight excluding hydrogens is 332 g/mol. The lowest BCUT2D eigenvalue weighted by molar-refractivity contribution is 0.274. The molecule has 0 unspecified atom stereocenters. The third-order valence-corrected chi connectivity index (χ3v) is 5.76. The van der Waals surface area contributed by atoms with E-state index in [4.69, 9.17) is 0 Å². The number of aromatic nitrogens is 1. The van der Waals surface area contributed by atoms with Gasteiger partial charge in [0, 0.05) is 50.7 Å². The van der Waals surface area contributed by atoms with Gasteiger partial charge >= 0.3 is 0 Å². The largest absolute Gasteiger partial charge is 0.356 e. The number of nitrogens with one attached hydrogen (secondary N) is 2. The zero-order chi connectivity index (χ0) is 17.9. The molecule has 1 fully saturated rings. The van der Waals surface area contributed by atoms with Gasteiger partial charge in [0.05, 0.1) is 5.01 Å². The summed E-state index contributed by atoms with van der Waals surface area (Å²) in [7, 11) is 4.05. The second kappa shape index (κ2) is 11.4. The van der Waals surface area contributed by atoms with Crippen molar-refractivity contribution in [3.8, 4) is 0 Å². The van der Waals surface area contributed by atoms with Crippen LogP contribution in [-0.4, -0.2) is 80.7 Å². The molecule has 142 valence electrons. The Bertz CT molecular complexity index is 515. The molecule has 25 heavy (non-hydrogen) atoms. The molecule has 0 spiro atoms. The average Bonchev–Trinajstić information content (AvgIpc) is 2.98. The summed E-state index contributed by atoms with van der Waals surface area (Å²) in [4.78, 5) is 15.1. The lowest BCUT2D eigenvalue weighted by Gasteiger charge is -2.20. The SMILES string of the molecule is CCc1cnc(CCNC(=NC)NCCCN2CCCN(C)CC2)s1. The van der Waals surface area contributed by atoms with Crippen LogP contribution in [-0.2, 0) is 12.8 Å². The van der Waals surface area contributed by atoms with E-state index in [0.717, 1.165) is 44.9 Å². The van der Waals surface area contributed by atoms with Gasteiger partial charge in [0.15, 0.2) is 5.96 Å². The van der Waals surface area contributed by atoms with E-state index in [1.165, 1.54) is 42.5 Å². The molecule has 0 atom stereocenters. The zero-order valence-electron chi connectivity index (χ0n) is 16.1. The van der Waals surface area contributed by atoms with E-state index in [1.807, 2.05) is 24.6 Å². The zero-order valence-corrected chi connectivity index (χ0v) is 16.9. The first-order valence-corrected chi connectivity index (χ1v) is 10.3. The van der Waals surface area contributed by atoms with Crippen molar-refractivity contribution in [2.75, 3.05) is 59.9 Å². The molecule has 2 N–H and O–H groups in total. The topological polar surface area (TPSA) is 55.8 Å². The minimum atomic E-state index is 0.870. The van der Waals surface area contributed by atoms with Gasteiger partial charge in [0.1, 0.15) is 0 Å². The van der Waals surface area contributed by atoms with Gasteiger partial charge in [0.2, 0.25) is 0 Å². The van der Waals surface area contributed by atoms with E-state index in [-0.39, 0.29) is 0 Å². The molecule has 0 aromatic carbocycles. The van der Waals surface area contributed by atoms with Crippen molar-refractivity contribution in [3.63, 3.8) is 0 Å². The average molecular weight is 367 g/mol. The lowest BCUT2D eigenvalue weighted by atomic mass is 10.3. The fourth-order valence-electron chi connectivity index (χ4n) is 2.97. The first kappa shape index (κ1) is 20.1. The van der Waals surface area contributed by atoms with E-state index in [2.05, 4.69) is 44.4 Å². The Kier molecular flexibility index (Phi) is 9.21. The highest BCUT2D eigenvalue weighted by Crippen LogP contribution is 2.13. The molecule has 7 heteroatoms. The van der Waals surface area contributed by atoms with Gasteiger partial charge in [-0.25, -0.2) is 4.98 Å². The van der Waals surface area contributed by atoms with E-state index in [1.54, 1.807) is 0 Å². The van der Waals surface area contributed by atoms with Gasteiger partial charge in [-0.15, -0.1) is 11.3 Å². The Labute approximate surface area is 156 Å². The Morgan fingerprint density at radius 2 is 2.08 bits per heavy atom. The molecule has 2 rings (SSSR count). The highest BCUT2D eigenvalue weighted by molar-refractivity contribution is 7.11. The van der Waals surface area contributed by atoms with Crippen LogP contribution < -0.4 is 10.6 Å². The number of thiazole rings is 1. The van der Waals surface area contributed by atoms with E-state index >= 15 is 0 Å². The van der Waals surface area contributed by atoms with Crippen LogP contribution in [0.1, 0.15) is 29.7 Å². The molecule has 0 amide bonds. The summed E-state index contributed by atoms with van der Waals surface area (Å²) in [6, 6.07) is 0. The summed E-state index contributed by atoms with van der Waals surface area (Å²) >= 11 is 1.81. The van der Waals surface area contributed by atoms with Crippen LogP contribution in [0.5, 0.6) is 0 Å². The third kappa shape index (κ3) is 7.71. The van der Waals surface area contributed by atoms with Crippen molar-refractivity contribution < 1.29 is 0 Å². The minimum absolute atomic E-state index is 0.870. The maximum Gasteiger partial charge on any atom is 0.190 e. The predicted octanol–water partition coefficient (Wildman–Crippen LogP) is 1.44. The molecule has 0 radical (unpaired) electrons. The fraction of sp³-hybridized carbons (Fsp3) is 0.778. The Balaban J connectivity index is 1.57. The number of aliphatic imine (C=N–C) groups is 1. The molecule has 2 heterocycles. The normalized spacial score (nSPS) is 17.5. The molecule has 1 aliphatic rings. The number of likely N-dealkylation sites (N-methyl/N-ethyl adjacent to an activating group) is 1. The van der Waals surface area contributed by atoms with E-state index in [9.17, 15) is 0 Å². The molecule has 6 nitrogen and oxygen atoms in total. The summed E-state index contributed by atoms with van der Waals surface area (Å²) in [5, 5.41) is 8.01. The summed E-state index contributed by atoms with van der Waals surface area (Å²) in [5.74, 6) is 0.892. The first-order valence-electron chi connectivity index (χ1n) is 9.50. The fourth-order valence-corrected chi connectivity index (χ4v) is 3.83. The molecule has 0 aliphatic carbocycles. The standard InChI is InChI=1S/C18H34N6S/c1-4-16-15-22-17(25-16)7-9-21-18(19-2)20-8-5-11-24-12-6-10-23(3)13-14-24/h15H,4-14H2,1-3H3,(H2,19,20,21). The van der Waals surface area contributed by atoms with Crippen LogP contribution in [0.4, 0.5) is 0 Å². The highest BCUT2D eigenvalue weighted by atomic mass is 32.1. The van der Waals surface area contributed by atoms with Crippen LogP contribution in [0.3, 0.4) is 0 Å². The second-order valence-electron chi connectivity index (χ2n) is 6.60. The van der Waals surface area contributed by atoms with Gasteiger partial charge in [-0.1, -0.05) is 6.92 Å². The lowest BCUT2D eigenvalue weighted by Crippen LogP contribution is -2.39. The van der Waals surface area contributed by atoms with Crippen molar-refractivity contribution in [2.24, 2.45) is 4.99 Å². The maximum atomic E-state index is 4.46. The van der Waals surface area contributed by atoms with Gasteiger partial charge in [0.25, 0.3) is 0 Å². The second-order valence-corrected chi connectivity index (χ2v) is 7.80. The van der Waals surface area contributed by atoms with Gasteiger partial charge in [-0.2, -0.15) is 0 Å². The number of rotatable bonds is 8. The minimum Gasteiger partial charge on any atom is -0.356 e. The van der Waals surface area contributed by atoms with Crippen molar-refractivity contribution in [1.82, 2.24) is 25.4 Å². The van der Waals surface area contributed by atoms with Crippen LogP contribution in [0.25, 0.3) is 0 Å². The van der Waals surface area contributed by atoms with Crippen LogP contribution in [0.15, 0.2) is 11.2 Å². The molecule has 1 aliphatic heterocycles. The van der Waals surface area contributed by atoms with E-state index in [0.29, 0.717) is 0 Å². The predicted molar refractivity (Wildman–Crippen MR) is 108 cm³/mol. The van der Waals surface area contributed by atoms with Crippen molar-refractivity contribution in [1.29, 1.82) is 0 Å².